The third-order valence-corrected chi connectivity index (χ3v) is 5.56. The van der Waals surface area contributed by atoms with Gasteiger partial charge in [-0.1, -0.05) is 37.3 Å². The first-order valence-corrected chi connectivity index (χ1v) is 10.5. The summed E-state index contributed by atoms with van der Waals surface area (Å²) in [7, 11) is 1.39. The number of amides is 1. The van der Waals surface area contributed by atoms with E-state index < -0.39 is 0 Å². The van der Waals surface area contributed by atoms with Gasteiger partial charge in [-0.05, 0) is 61.6 Å². The number of carbonyl (C=O) groups is 2. The Morgan fingerprint density at radius 2 is 1.74 bits per heavy atom. The van der Waals surface area contributed by atoms with Crippen LogP contribution in [0.3, 0.4) is 0 Å². The van der Waals surface area contributed by atoms with Gasteiger partial charge in [0.25, 0.3) is 5.91 Å². The molecule has 1 amide bonds. The van der Waals surface area contributed by atoms with Crippen LogP contribution < -0.4 is 5.32 Å². The maximum absolute atomic E-state index is 12.6. The van der Waals surface area contributed by atoms with Crippen LogP contribution in [0.25, 0.3) is 5.69 Å². The predicted molar refractivity (Wildman–Crippen MR) is 121 cm³/mol. The molecule has 1 heterocycles. The Labute approximate surface area is 183 Å². The van der Waals surface area contributed by atoms with Gasteiger partial charge < -0.3 is 10.1 Å². The predicted octanol–water partition coefficient (Wildman–Crippen LogP) is 4.13. The minimum atomic E-state index is -0.233. The van der Waals surface area contributed by atoms with Gasteiger partial charge >= 0.3 is 5.97 Å². The Hall–Kier alpha value is -3.41. The molecular formula is C25H29N3O3. The lowest BCUT2D eigenvalue weighted by Crippen LogP contribution is -2.27. The summed E-state index contributed by atoms with van der Waals surface area (Å²) in [5, 5.41) is 7.62. The number of hydrogen-bond donors (Lipinski definition) is 1. The maximum Gasteiger partial charge on any atom is 0.305 e. The van der Waals surface area contributed by atoms with Crippen molar-refractivity contribution in [1.29, 1.82) is 0 Å². The highest BCUT2D eigenvalue weighted by atomic mass is 16.5. The molecule has 0 radical (unpaired) electrons. The van der Waals surface area contributed by atoms with Crippen LogP contribution in [0.5, 0.6) is 0 Å². The largest absolute Gasteiger partial charge is 0.469 e. The summed E-state index contributed by atoms with van der Waals surface area (Å²) in [6.07, 6.45) is 0.912. The number of benzene rings is 2. The number of hydrogen-bond acceptors (Lipinski definition) is 4. The first-order valence-electron chi connectivity index (χ1n) is 10.5. The number of aromatic nitrogens is 2. The molecule has 3 aromatic rings. The van der Waals surface area contributed by atoms with Gasteiger partial charge in [0, 0.05) is 24.2 Å². The quantitative estimate of drug-likeness (QED) is 0.557. The number of carbonyl (C=O) groups excluding carboxylic acids is 2. The van der Waals surface area contributed by atoms with Gasteiger partial charge in [0.1, 0.15) is 0 Å². The van der Waals surface area contributed by atoms with E-state index in [9.17, 15) is 9.59 Å². The van der Waals surface area contributed by atoms with Crippen LogP contribution in [-0.2, 0) is 16.0 Å². The molecule has 0 aliphatic rings. The summed E-state index contributed by atoms with van der Waals surface area (Å²) in [5.41, 5.74) is 5.59. The lowest BCUT2D eigenvalue weighted by atomic mass is 10.0. The molecule has 2 aromatic carbocycles. The van der Waals surface area contributed by atoms with E-state index >= 15 is 0 Å². The zero-order chi connectivity index (χ0) is 22.4. The van der Waals surface area contributed by atoms with E-state index in [1.54, 1.807) is 0 Å². The van der Waals surface area contributed by atoms with E-state index in [1.165, 1.54) is 12.7 Å². The summed E-state index contributed by atoms with van der Waals surface area (Å²) in [5.74, 6) is -0.0903. The van der Waals surface area contributed by atoms with Crippen LogP contribution in [0.2, 0.25) is 0 Å². The number of esters is 1. The highest BCUT2D eigenvalue weighted by Gasteiger charge is 2.15. The number of nitrogens with one attached hydrogen (secondary N) is 1. The molecule has 1 aromatic heterocycles. The fourth-order valence-electron chi connectivity index (χ4n) is 3.62. The third-order valence-electron chi connectivity index (χ3n) is 5.56. The Balaban J connectivity index is 1.66. The van der Waals surface area contributed by atoms with E-state index in [0.717, 1.165) is 22.6 Å². The van der Waals surface area contributed by atoms with Crippen molar-refractivity contribution in [2.24, 2.45) is 0 Å². The minimum Gasteiger partial charge on any atom is -0.469 e. The van der Waals surface area contributed by atoms with Gasteiger partial charge in [0.05, 0.1) is 18.5 Å². The molecule has 0 spiro atoms. The number of aryl methyl sites for hydroxylation is 1. The molecule has 0 bridgehead atoms. The molecule has 1 atom stereocenters. The van der Waals surface area contributed by atoms with Gasteiger partial charge in [-0.25, -0.2) is 4.68 Å². The van der Waals surface area contributed by atoms with Gasteiger partial charge in [-0.2, -0.15) is 5.10 Å². The van der Waals surface area contributed by atoms with E-state index in [2.05, 4.69) is 29.5 Å². The van der Waals surface area contributed by atoms with Crippen molar-refractivity contribution in [3.05, 3.63) is 82.7 Å². The Morgan fingerprint density at radius 1 is 1.06 bits per heavy atom. The molecule has 0 unspecified atom stereocenters. The number of rotatable bonds is 8. The first-order chi connectivity index (χ1) is 14.9. The average Bonchev–Trinajstić information content (AvgIpc) is 3.09. The van der Waals surface area contributed by atoms with Crippen molar-refractivity contribution in [1.82, 2.24) is 15.1 Å². The van der Waals surface area contributed by atoms with Crippen molar-refractivity contribution < 1.29 is 14.3 Å². The normalized spacial score (nSPS) is 11.7. The lowest BCUT2D eigenvalue weighted by Gasteiger charge is -2.13. The smallest absolute Gasteiger partial charge is 0.305 e. The summed E-state index contributed by atoms with van der Waals surface area (Å²) in [6.45, 7) is 6.59. The Kier molecular flexibility index (Phi) is 7.23. The molecule has 0 aliphatic carbocycles. The van der Waals surface area contributed by atoms with Gasteiger partial charge in [-0.3, -0.25) is 9.59 Å². The highest BCUT2D eigenvalue weighted by molar-refractivity contribution is 5.94. The second kappa shape index (κ2) is 10.1. The molecular weight excluding hydrogens is 390 g/mol. The van der Waals surface area contributed by atoms with Gasteiger partial charge in [0.2, 0.25) is 0 Å². The van der Waals surface area contributed by atoms with Crippen molar-refractivity contribution in [2.75, 3.05) is 13.7 Å². The van der Waals surface area contributed by atoms with Gasteiger partial charge in [-0.15, -0.1) is 0 Å². The second-order valence-electron chi connectivity index (χ2n) is 7.71. The molecule has 0 fully saturated rings. The lowest BCUT2D eigenvalue weighted by molar-refractivity contribution is -0.140. The molecule has 0 aliphatic heterocycles. The molecule has 6 heteroatoms. The van der Waals surface area contributed by atoms with Crippen LogP contribution in [0.1, 0.15) is 52.1 Å². The zero-order valence-corrected chi connectivity index (χ0v) is 18.5. The topological polar surface area (TPSA) is 73.2 Å². The number of nitrogens with zero attached hydrogens (tertiary/aromatic N) is 2. The fraction of sp³-hybridized carbons (Fsp3) is 0.320. The number of methoxy groups -OCH3 is 1. The summed E-state index contributed by atoms with van der Waals surface area (Å²) >= 11 is 0. The Morgan fingerprint density at radius 3 is 2.39 bits per heavy atom. The fourth-order valence-corrected chi connectivity index (χ4v) is 3.62. The van der Waals surface area contributed by atoms with E-state index in [0.29, 0.717) is 24.9 Å². The van der Waals surface area contributed by atoms with Crippen molar-refractivity contribution in [2.45, 2.75) is 39.5 Å². The third kappa shape index (κ3) is 5.40. The Bertz CT molecular complexity index is 1040. The standard InChI is InChI=1S/C25H29N3O3/c1-17(20-8-6-5-7-9-20)16-26-25(30)21-10-12-22(13-11-21)28-19(3)23(18(2)27-28)14-15-24(29)31-4/h5-13,17H,14-16H2,1-4H3,(H,26,30)/t17-/m0/s1. The van der Waals surface area contributed by atoms with Crippen LogP contribution in [0, 0.1) is 13.8 Å². The average molecular weight is 420 g/mol. The molecule has 0 saturated carbocycles. The molecule has 162 valence electrons. The van der Waals surface area contributed by atoms with Crippen molar-refractivity contribution in [3.8, 4) is 5.69 Å². The highest BCUT2D eigenvalue weighted by Crippen LogP contribution is 2.20. The monoisotopic (exact) mass is 419 g/mol. The van der Waals surface area contributed by atoms with Crippen LogP contribution >= 0.6 is 0 Å². The van der Waals surface area contributed by atoms with Gasteiger partial charge in [0.15, 0.2) is 0 Å². The van der Waals surface area contributed by atoms with Crippen LogP contribution in [0.15, 0.2) is 54.6 Å². The second-order valence-corrected chi connectivity index (χ2v) is 7.71. The van der Waals surface area contributed by atoms with Crippen LogP contribution in [-0.4, -0.2) is 35.3 Å². The summed E-state index contributed by atoms with van der Waals surface area (Å²) in [4.78, 5) is 24.0. The van der Waals surface area contributed by atoms with E-state index in [4.69, 9.17) is 4.74 Å². The zero-order valence-electron chi connectivity index (χ0n) is 18.5. The summed E-state index contributed by atoms with van der Waals surface area (Å²) in [6, 6.07) is 17.5. The molecule has 31 heavy (non-hydrogen) atoms. The SMILES string of the molecule is COC(=O)CCc1c(C)nn(-c2ccc(C(=O)NC[C@H](C)c3ccccc3)cc2)c1C. The van der Waals surface area contributed by atoms with Crippen molar-refractivity contribution in [3.63, 3.8) is 0 Å². The van der Waals surface area contributed by atoms with Crippen molar-refractivity contribution >= 4 is 11.9 Å². The van der Waals surface area contributed by atoms with Crippen LogP contribution in [0.4, 0.5) is 0 Å². The minimum absolute atomic E-state index is 0.0959. The summed E-state index contributed by atoms with van der Waals surface area (Å²) < 4.78 is 6.58. The molecule has 3 rings (SSSR count). The first kappa shape index (κ1) is 22.3. The van der Waals surface area contributed by atoms with E-state index in [-0.39, 0.29) is 17.8 Å². The molecule has 6 nitrogen and oxygen atoms in total. The van der Waals surface area contributed by atoms with E-state index in [1.807, 2.05) is 61.0 Å². The molecule has 0 saturated heterocycles. The molecule has 1 N–H and O–H groups in total. The number of ether oxygens (including phenoxy) is 1. The maximum atomic E-state index is 12.6.